The van der Waals surface area contributed by atoms with E-state index in [0.29, 0.717) is 31.6 Å². The van der Waals surface area contributed by atoms with Gasteiger partial charge in [0.1, 0.15) is 19.3 Å². The number of aliphatic hydroxyl groups excluding tert-OH is 1. The summed E-state index contributed by atoms with van der Waals surface area (Å²) in [6.45, 7) is 9.51. The Balaban J connectivity index is 5.18. The molecule has 0 saturated carbocycles. The zero-order valence-electron chi connectivity index (χ0n) is 62.7. The third-order valence-corrected chi connectivity index (χ3v) is 20.2. The minimum absolute atomic E-state index is 0.104. The minimum Gasteiger partial charge on any atom is -0.462 e. The number of carbonyl (C=O) groups is 4. The second-order valence-electron chi connectivity index (χ2n) is 28.5. The molecule has 0 aromatic carbocycles. The Bertz CT molecular complexity index is 1860. The number of esters is 4. The number of carbonyl (C=O) groups excluding carboxylic acids is 4. The molecule has 3 N–H and O–H groups in total. The van der Waals surface area contributed by atoms with Gasteiger partial charge < -0.3 is 33.8 Å². The first-order valence-electron chi connectivity index (χ1n) is 40.0. The molecule has 0 saturated heterocycles. The third kappa shape index (κ3) is 69.2. The van der Waals surface area contributed by atoms with Gasteiger partial charge in [0.15, 0.2) is 12.2 Å². The molecule has 0 aromatic heterocycles. The molecule has 0 spiro atoms. The minimum atomic E-state index is -4.96. The standard InChI is InChI=1S/C77H150O17P2/c1-7-10-12-14-16-18-20-22-23-24-25-26-27-28-29-30-32-34-36-41-49-55-61-76(81)93-72(65-87-74(79)59-53-47-40-35-33-31-21-19-17-15-13-11-8-2)67-91-95(83,84)89-63-71(78)64-90-96(85,86)92-68-73(66-88-75(80)60-54-48-44-43-45-51-57-69(4)5)94-77(82)62-56-50-42-38-37-39-46-52-58-70(6)9-3/h69-73,78H,7-68H2,1-6H3,(H,83,84)(H,85,86)/t70?,71-,72-,73-/m1/s1. The van der Waals surface area contributed by atoms with Crippen LogP contribution in [0.2, 0.25) is 0 Å². The van der Waals surface area contributed by atoms with Gasteiger partial charge in [0.25, 0.3) is 0 Å². The van der Waals surface area contributed by atoms with Crippen LogP contribution < -0.4 is 0 Å². The molecule has 96 heavy (non-hydrogen) atoms. The topological polar surface area (TPSA) is 237 Å². The van der Waals surface area contributed by atoms with Crippen molar-refractivity contribution in [3.05, 3.63) is 0 Å². The molecule has 0 fully saturated rings. The average molecular weight is 1410 g/mol. The normalized spacial score (nSPS) is 14.3. The van der Waals surface area contributed by atoms with Crippen molar-refractivity contribution in [3.8, 4) is 0 Å². The van der Waals surface area contributed by atoms with Crippen LogP contribution in [-0.4, -0.2) is 96.7 Å². The Morgan fingerprint density at radius 3 is 0.792 bits per heavy atom. The van der Waals surface area contributed by atoms with Gasteiger partial charge in [-0.3, -0.25) is 37.3 Å². The lowest BCUT2D eigenvalue weighted by atomic mass is 9.99. The van der Waals surface area contributed by atoms with Crippen molar-refractivity contribution in [2.75, 3.05) is 39.6 Å². The van der Waals surface area contributed by atoms with Crippen LogP contribution in [-0.2, 0) is 65.4 Å². The molecule has 0 heterocycles. The number of rotatable bonds is 76. The SMILES string of the molecule is CCCCCCCCCCCCCCCCCCCCCCCCC(=O)O[C@H](COC(=O)CCCCCCCCCCCCCCC)COP(=O)(O)OC[C@@H](O)COP(=O)(O)OC[C@@H](COC(=O)CCCCCCCCC(C)C)OC(=O)CCCCCCCCCCC(C)CC. The fraction of sp³-hybridized carbons (Fsp3) is 0.948. The molecule has 17 nitrogen and oxygen atoms in total. The first-order chi connectivity index (χ1) is 46.4. The molecule has 0 amide bonds. The molecule has 0 aliphatic carbocycles. The van der Waals surface area contributed by atoms with Gasteiger partial charge in [-0.1, -0.05) is 350 Å². The highest BCUT2D eigenvalue weighted by Gasteiger charge is 2.30. The average Bonchev–Trinajstić information content (AvgIpc) is 1.08. The number of aliphatic hydroxyl groups is 1. The molecule has 570 valence electrons. The number of hydrogen-bond donors (Lipinski definition) is 3. The van der Waals surface area contributed by atoms with E-state index in [1.54, 1.807) is 0 Å². The first-order valence-corrected chi connectivity index (χ1v) is 43.0. The molecule has 0 bridgehead atoms. The van der Waals surface area contributed by atoms with E-state index < -0.39 is 97.5 Å². The quantitative estimate of drug-likeness (QED) is 0.0222. The van der Waals surface area contributed by atoms with Gasteiger partial charge in [-0.05, 0) is 37.5 Å². The summed E-state index contributed by atoms with van der Waals surface area (Å²) in [5.74, 6) is -0.670. The van der Waals surface area contributed by atoms with Gasteiger partial charge in [0.2, 0.25) is 0 Å². The van der Waals surface area contributed by atoms with Gasteiger partial charge in [-0.25, -0.2) is 9.13 Å². The van der Waals surface area contributed by atoms with Gasteiger partial charge in [0.05, 0.1) is 26.4 Å². The number of phosphoric acid groups is 2. The van der Waals surface area contributed by atoms with Crippen molar-refractivity contribution in [3.63, 3.8) is 0 Å². The Labute approximate surface area is 588 Å². The number of ether oxygens (including phenoxy) is 4. The highest BCUT2D eigenvalue weighted by atomic mass is 31.2. The monoisotopic (exact) mass is 1410 g/mol. The fourth-order valence-corrected chi connectivity index (χ4v) is 13.4. The first kappa shape index (κ1) is 94.1. The maximum Gasteiger partial charge on any atom is 0.472 e. The van der Waals surface area contributed by atoms with Crippen LogP contribution in [0.1, 0.15) is 401 Å². The van der Waals surface area contributed by atoms with Crippen LogP contribution in [0.25, 0.3) is 0 Å². The maximum atomic E-state index is 13.1. The van der Waals surface area contributed by atoms with Crippen LogP contribution >= 0.6 is 15.6 Å². The van der Waals surface area contributed by atoms with Crippen LogP contribution in [0, 0.1) is 11.8 Å². The lowest BCUT2D eigenvalue weighted by Gasteiger charge is -2.21. The van der Waals surface area contributed by atoms with E-state index in [9.17, 15) is 43.2 Å². The van der Waals surface area contributed by atoms with Crippen LogP contribution in [0.3, 0.4) is 0 Å². The van der Waals surface area contributed by atoms with Crippen molar-refractivity contribution in [2.45, 2.75) is 419 Å². The lowest BCUT2D eigenvalue weighted by Crippen LogP contribution is -2.30. The third-order valence-electron chi connectivity index (χ3n) is 18.3. The summed E-state index contributed by atoms with van der Waals surface area (Å²) in [6, 6.07) is 0. The molecule has 0 radical (unpaired) electrons. The van der Waals surface area contributed by atoms with E-state index in [1.807, 2.05) is 0 Å². The Hall–Kier alpha value is -1.94. The van der Waals surface area contributed by atoms with Crippen molar-refractivity contribution in [1.82, 2.24) is 0 Å². The Kier molecular flexibility index (Phi) is 67.4. The van der Waals surface area contributed by atoms with E-state index in [4.69, 9.17) is 37.0 Å². The summed E-state index contributed by atoms with van der Waals surface area (Å²) in [7, 11) is -9.91. The van der Waals surface area contributed by atoms with Crippen LogP contribution in [0.5, 0.6) is 0 Å². The zero-order valence-corrected chi connectivity index (χ0v) is 64.5. The molecule has 3 unspecified atom stereocenters. The molecule has 0 rings (SSSR count). The smallest absolute Gasteiger partial charge is 0.462 e. The van der Waals surface area contributed by atoms with Gasteiger partial charge in [-0.2, -0.15) is 0 Å². The molecule has 0 aromatic rings. The summed E-state index contributed by atoms with van der Waals surface area (Å²) in [4.78, 5) is 72.8. The Morgan fingerprint density at radius 1 is 0.302 bits per heavy atom. The largest absolute Gasteiger partial charge is 0.472 e. The van der Waals surface area contributed by atoms with E-state index in [2.05, 4.69) is 41.5 Å². The van der Waals surface area contributed by atoms with Crippen molar-refractivity contribution in [2.24, 2.45) is 11.8 Å². The highest BCUT2D eigenvalue weighted by molar-refractivity contribution is 7.47. The molecular formula is C77H150O17P2. The summed E-state index contributed by atoms with van der Waals surface area (Å²) < 4.78 is 68.5. The van der Waals surface area contributed by atoms with Gasteiger partial charge >= 0.3 is 39.5 Å². The molecule has 6 atom stereocenters. The Morgan fingerprint density at radius 2 is 0.531 bits per heavy atom. The lowest BCUT2D eigenvalue weighted by molar-refractivity contribution is -0.161. The second kappa shape index (κ2) is 68.8. The number of unbranched alkanes of at least 4 members (excludes halogenated alkanes) is 45. The predicted octanol–water partition coefficient (Wildman–Crippen LogP) is 22.7. The summed E-state index contributed by atoms with van der Waals surface area (Å²) in [5.41, 5.74) is 0. The number of phosphoric ester groups is 2. The molecular weight excluding hydrogens is 1260 g/mol. The van der Waals surface area contributed by atoms with E-state index >= 15 is 0 Å². The number of hydrogen-bond acceptors (Lipinski definition) is 15. The summed E-state index contributed by atoms with van der Waals surface area (Å²) in [5, 5.41) is 10.6. The zero-order chi connectivity index (χ0) is 70.7. The fourth-order valence-electron chi connectivity index (χ4n) is 11.8. The molecule has 19 heteroatoms. The molecule has 0 aliphatic rings. The summed E-state index contributed by atoms with van der Waals surface area (Å²) >= 11 is 0. The van der Waals surface area contributed by atoms with Crippen molar-refractivity contribution >= 4 is 39.5 Å². The maximum absolute atomic E-state index is 13.1. The van der Waals surface area contributed by atoms with Crippen LogP contribution in [0.15, 0.2) is 0 Å². The highest BCUT2D eigenvalue weighted by Crippen LogP contribution is 2.45. The van der Waals surface area contributed by atoms with Gasteiger partial charge in [-0.15, -0.1) is 0 Å². The van der Waals surface area contributed by atoms with E-state index in [0.717, 1.165) is 102 Å². The van der Waals surface area contributed by atoms with E-state index in [1.165, 1.54) is 212 Å². The van der Waals surface area contributed by atoms with Crippen molar-refractivity contribution in [1.29, 1.82) is 0 Å². The summed E-state index contributed by atoms with van der Waals surface area (Å²) in [6.07, 6.45) is 57.2. The van der Waals surface area contributed by atoms with Crippen LogP contribution in [0.4, 0.5) is 0 Å². The van der Waals surface area contributed by atoms with Crippen molar-refractivity contribution < 1.29 is 80.2 Å². The van der Waals surface area contributed by atoms with E-state index in [-0.39, 0.29) is 25.7 Å². The second-order valence-corrected chi connectivity index (χ2v) is 31.4. The molecule has 0 aliphatic heterocycles. The van der Waals surface area contributed by atoms with Gasteiger partial charge in [0, 0.05) is 25.7 Å². The predicted molar refractivity (Wildman–Crippen MR) is 391 cm³/mol.